The molecule has 4 heteroatoms. The number of nitrogen functional groups attached to an aromatic ring is 1. The molecule has 108 valence electrons. The summed E-state index contributed by atoms with van der Waals surface area (Å²) in [7, 11) is 0. The van der Waals surface area contributed by atoms with E-state index in [9.17, 15) is 9.18 Å². The molecule has 0 saturated carbocycles. The third-order valence-electron chi connectivity index (χ3n) is 3.82. The van der Waals surface area contributed by atoms with Crippen molar-refractivity contribution in [1.29, 1.82) is 0 Å². The summed E-state index contributed by atoms with van der Waals surface area (Å²) in [5, 5.41) is 0. The molecule has 0 saturated heterocycles. The lowest BCUT2D eigenvalue weighted by Gasteiger charge is -2.30. The largest absolute Gasteiger partial charge is 0.399 e. The van der Waals surface area contributed by atoms with Crippen LogP contribution in [0.3, 0.4) is 0 Å². The van der Waals surface area contributed by atoms with Crippen LogP contribution >= 0.6 is 0 Å². The Morgan fingerprint density at radius 1 is 1.24 bits per heavy atom. The summed E-state index contributed by atoms with van der Waals surface area (Å²) in [5.41, 5.74) is 9.35. The van der Waals surface area contributed by atoms with Gasteiger partial charge in [0.05, 0.1) is 5.56 Å². The molecule has 0 radical (unpaired) electrons. The van der Waals surface area contributed by atoms with Crippen LogP contribution in [0.4, 0.5) is 15.8 Å². The van der Waals surface area contributed by atoms with Gasteiger partial charge in [-0.2, -0.15) is 0 Å². The zero-order valence-corrected chi connectivity index (χ0v) is 11.9. The number of anilines is 2. The first-order chi connectivity index (χ1) is 10.1. The number of nitrogens with zero attached hydrogens (tertiary/aromatic N) is 1. The first kappa shape index (κ1) is 13.6. The second-order valence-electron chi connectivity index (χ2n) is 5.43. The molecule has 0 fully saturated rings. The van der Waals surface area contributed by atoms with Gasteiger partial charge in [-0.25, -0.2) is 4.39 Å². The highest BCUT2D eigenvalue weighted by molar-refractivity contribution is 6.07. The first-order valence-corrected chi connectivity index (χ1v) is 7.02. The Labute approximate surface area is 123 Å². The average Bonchev–Trinajstić information content (AvgIpc) is 2.48. The molecule has 1 aliphatic heterocycles. The molecule has 3 rings (SSSR count). The number of benzene rings is 2. The molecule has 2 aromatic rings. The summed E-state index contributed by atoms with van der Waals surface area (Å²) < 4.78 is 13.9. The van der Waals surface area contributed by atoms with Crippen molar-refractivity contribution in [2.24, 2.45) is 0 Å². The zero-order valence-electron chi connectivity index (χ0n) is 11.9. The number of hydrogen-bond acceptors (Lipinski definition) is 2. The van der Waals surface area contributed by atoms with Gasteiger partial charge in [0.1, 0.15) is 5.82 Å². The zero-order chi connectivity index (χ0) is 15.0. The normalized spacial score (nSPS) is 13.9. The average molecular weight is 284 g/mol. The molecule has 0 atom stereocenters. The number of halogens is 1. The fourth-order valence-corrected chi connectivity index (χ4v) is 2.78. The summed E-state index contributed by atoms with van der Waals surface area (Å²) in [4.78, 5) is 14.3. The number of carbonyl (C=O) groups excluding carboxylic acids is 1. The Kier molecular flexibility index (Phi) is 3.37. The van der Waals surface area contributed by atoms with E-state index in [0.29, 0.717) is 12.2 Å². The molecule has 0 bridgehead atoms. The predicted octanol–water partition coefficient (Wildman–Crippen LogP) is 3.31. The molecule has 21 heavy (non-hydrogen) atoms. The molecule has 0 aromatic heterocycles. The molecule has 0 aliphatic carbocycles. The van der Waals surface area contributed by atoms with Gasteiger partial charge in [0.15, 0.2) is 0 Å². The molecule has 2 N–H and O–H groups in total. The van der Waals surface area contributed by atoms with Gasteiger partial charge in [0.25, 0.3) is 5.91 Å². The van der Waals surface area contributed by atoms with Crippen LogP contribution in [0.2, 0.25) is 0 Å². The van der Waals surface area contributed by atoms with Crippen LogP contribution in [-0.4, -0.2) is 12.5 Å². The van der Waals surface area contributed by atoms with Crippen molar-refractivity contribution >= 4 is 17.3 Å². The van der Waals surface area contributed by atoms with Crippen molar-refractivity contribution in [3.05, 3.63) is 58.9 Å². The number of carbonyl (C=O) groups is 1. The van der Waals surface area contributed by atoms with E-state index >= 15 is 0 Å². The lowest BCUT2D eigenvalue weighted by atomic mass is 9.99. The van der Waals surface area contributed by atoms with E-state index in [0.717, 1.165) is 29.7 Å². The van der Waals surface area contributed by atoms with Crippen molar-refractivity contribution in [2.75, 3.05) is 17.2 Å². The van der Waals surface area contributed by atoms with Crippen molar-refractivity contribution in [1.82, 2.24) is 0 Å². The van der Waals surface area contributed by atoms with E-state index in [-0.39, 0.29) is 11.5 Å². The van der Waals surface area contributed by atoms with Crippen LogP contribution in [0.15, 0.2) is 36.4 Å². The Balaban J connectivity index is 2.02. The Hall–Kier alpha value is -2.36. The van der Waals surface area contributed by atoms with Gasteiger partial charge < -0.3 is 10.6 Å². The number of aryl methyl sites for hydroxylation is 2. The van der Waals surface area contributed by atoms with Crippen LogP contribution in [-0.2, 0) is 6.42 Å². The molecule has 2 aromatic carbocycles. The monoisotopic (exact) mass is 284 g/mol. The maximum atomic E-state index is 13.9. The number of fused-ring (bicyclic) bond motifs is 1. The van der Waals surface area contributed by atoms with Crippen LogP contribution in [0.1, 0.15) is 27.9 Å². The van der Waals surface area contributed by atoms with Gasteiger partial charge in [-0.3, -0.25) is 4.79 Å². The number of amides is 1. The number of hydrogen-bond donors (Lipinski definition) is 1. The highest BCUT2D eigenvalue weighted by Gasteiger charge is 2.25. The Morgan fingerprint density at radius 2 is 2.05 bits per heavy atom. The van der Waals surface area contributed by atoms with E-state index in [2.05, 4.69) is 0 Å². The van der Waals surface area contributed by atoms with E-state index in [1.807, 2.05) is 19.1 Å². The van der Waals surface area contributed by atoms with Crippen LogP contribution in [0.25, 0.3) is 0 Å². The van der Waals surface area contributed by atoms with Crippen molar-refractivity contribution in [2.45, 2.75) is 19.8 Å². The Bertz CT molecular complexity index is 712. The Morgan fingerprint density at radius 3 is 2.86 bits per heavy atom. The highest BCUT2D eigenvalue weighted by atomic mass is 19.1. The molecular formula is C17H17FN2O. The molecule has 1 aliphatic rings. The van der Waals surface area contributed by atoms with Gasteiger partial charge >= 0.3 is 0 Å². The second kappa shape index (κ2) is 5.20. The third-order valence-corrected chi connectivity index (χ3v) is 3.82. The number of rotatable bonds is 1. The topological polar surface area (TPSA) is 46.3 Å². The molecule has 1 amide bonds. The fourth-order valence-electron chi connectivity index (χ4n) is 2.78. The lowest BCUT2D eigenvalue weighted by molar-refractivity contribution is 0.0981. The molecule has 0 spiro atoms. The minimum absolute atomic E-state index is 0.125. The first-order valence-electron chi connectivity index (χ1n) is 7.02. The summed E-state index contributed by atoms with van der Waals surface area (Å²) in [6.07, 6.45) is 1.75. The van der Waals surface area contributed by atoms with Gasteiger partial charge in [0.2, 0.25) is 0 Å². The van der Waals surface area contributed by atoms with Crippen molar-refractivity contribution < 1.29 is 9.18 Å². The predicted molar refractivity (Wildman–Crippen MR) is 82.0 cm³/mol. The van der Waals surface area contributed by atoms with Crippen LogP contribution < -0.4 is 10.6 Å². The minimum Gasteiger partial charge on any atom is -0.399 e. The van der Waals surface area contributed by atoms with Gasteiger partial charge in [-0.15, -0.1) is 0 Å². The number of nitrogens with two attached hydrogens (primary N) is 1. The molecule has 1 heterocycles. The quantitative estimate of drug-likeness (QED) is 0.817. The van der Waals surface area contributed by atoms with Gasteiger partial charge in [0, 0.05) is 17.9 Å². The smallest absolute Gasteiger partial charge is 0.261 e. The molecular weight excluding hydrogens is 267 g/mol. The summed E-state index contributed by atoms with van der Waals surface area (Å²) in [6.45, 7) is 2.45. The lowest BCUT2D eigenvalue weighted by Crippen LogP contribution is -2.36. The summed E-state index contributed by atoms with van der Waals surface area (Å²) in [5.74, 6) is -0.768. The summed E-state index contributed by atoms with van der Waals surface area (Å²) in [6, 6.07) is 10.1. The van der Waals surface area contributed by atoms with Crippen LogP contribution in [0.5, 0.6) is 0 Å². The van der Waals surface area contributed by atoms with E-state index < -0.39 is 5.82 Å². The van der Waals surface area contributed by atoms with Crippen molar-refractivity contribution in [3.8, 4) is 0 Å². The van der Waals surface area contributed by atoms with Crippen molar-refractivity contribution in [3.63, 3.8) is 0 Å². The van der Waals surface area contributed by atoms with E-state index in [4.69, 9.17) is 5.73 Å². The van der Waals surface area contributed by atoms with E-state index in [1.165, 1.54) is 6.07 Å². The third kappa shape index (κ3) is 2.49. The maximum absolute atomic E-state index is 13.9. The highest BCUT2D eigenvalue weighted by Crippen LogP contribution is 2.30. The summed E-state index contributed by atoms with van der Waals surface area (Å²) >= 11 is 0. The van der Waals surface area contributed by atoms with E-state index in [1.54, 1.807) is 23.1 Å². The van der Waals surface area contributed by atoms with Crippen LogP contribution in [0, 0.1) is 12.7 Å². The molecule has 3 nitrogen and oxygen atoms in total. The standard InChI is InChI=1S/C17H17FN2O/c1-11-4-6-15(18)14(9-11)17(21)20-8-2-3-12-10-13(19)5-7-16(12)20/h4-7,9-10H,2-3,8,19H2,1H3. The maximum Gasteiger partial charge on any atom is 0.261 e. The minimum atomic E-state index is -0.479. The molecule has 0 unspecified atom stereocenters. The second-order valence-corrected chi connectivity index (χ2v) is 5.43. The van der Waals surface area contributed by atoms with Gasteiger partial charge in [-0.05, 0) is 55.7 Å². The SMILES string of the molecule is Cc1ccc(F)c(C(=O)N2CCCc3cc(N)ccc32)c1. The van der Waals surface area contributed by atoms with Gasteiger partial charge in [-0.1, -0.05) is 11.6 Å². The fraction of sp³-hybridized carbons (Fsp3) is 0.235.